The third-order valence-corrected chi connectivity index (χ3v) is 7.65. The molecule has 1 aromatic heterocycles. The molecule has 39 heavy (non-hydrogen) atoms. The van der Waals surface area contributed by atoms with Crippen molar-refractivity contribution in [2.75, 3.05) is 39.4 Å². The molecule has 4 aromatic rings. The molecule has 6 nitrogen and oxygen atoms in total. The SMILES string of the molecule is N#Cc1cccc([C@H](CC(=O)NCCN2CCOCC2)c2cn(Cc3ccc(F)cc3)c3ccccc23)c1Cl. The number of fused-ring (bicyclic) bond motifs is 1. The Balaban J connectivity index is 1.47. The van der Waals surface area contributed by atoms with E-state index < -0.39 is 0 Å². The number of hydrogen-bond acceptors (Lipinski definition) is 4. The van der Waals surface area contributed by atoms with Crippen LogP contribution in [0.4, 0.5) is 4.39 Å². The first-order valence-corrected chi connectivity index (χ1v) is 13.5. The van der Waals surface area contributed by atoms with Gasteiger partial charge in [-0.3, -0.25) is 9.69 Å². The molecule has 0 aliphatic carbocycles. The van der Waals surface area contributed by atoms with Crippen molar-refractivity contribution >= 4 is 28.4 Å². The Bertz CT molecular complexity index is 1490. The highest BCUT2D eigenvalue weighted by atomic mass is 35.5. The largest absolute Gasteiger partial charge is 0.379 e. The molecule has 1 N–H and O–H groups in total. The summed E-state index contributed by atoms with van der Waals surface area (Å²) in [6.45, 7) is 5.01. The highest BCUT2D eigenvalue weighted by molar-refractivity contribution is 6.32. The van der Waals surface area contributed by atoms with Crippen molar-refractivity contribution in [3.63, 3.8) is 0 Å². The molecule has 1 amide bonds. The van der Waals surface area contributed by atoms with E-state index in [-0.39, 0.29) is 24.1 Å². The Morgan fingerprint density at radius 2 is 1.82 bits per heavy atom. The summed E-state index contributed by atoms with van der Waals surface area (Å²) in [5.41, 5.74) is 4.03. The molecule has 200 valence electrons. The summed E-state index contributed by atoms with van der Waals surface area (Å²) in [7, 11) is 0. The first kappa shape index (κ1) is 26.9. The number of nitrogens with one attached hydrogen (secondary N) is 1. The Morgan fingerprint density at radius 1 is 1.05 bits per heavy atom. The van der Waals surface area contributed by atoms with E-state index in [1.807, 2.05) is 30.3 Å². The topological polar surface area (TPSA) is 70.3 Å². The van der Waals surface area contributed by atoms with Crippen LogP contribution in [0.2, 0.25) is 5.02 Å². The number of amides is 1. The number of carbonyl (C=O) groups is 1. The first-order chi connectivity index (χ1) is 19.0. The van der Waals surface area contributed by atoms with Gasteiger partial charge in [0.25, 0.3) is 0 Å². The molecule has 1 aliphatic rings. The monoisotopic (exact) mass is 544 g/mol. The lowest BCUT2D eigenvalue weighted by Crippen LogP contribution is -2.41. The van der Waals surface area contributed by atoms with Gasteiger partial charge in [-0.2, -0.15) is 5.26 Å². The molecule has 0 bridgehead atoms. The third kappa shape index (κ3) is 6.31. The number of ether oxygens (including phenoxy) is 1. The predicted molar refractivity (Wildman–Crippen MR) is 150 cm³/mol. The van der Waals surface area contributed by atoms with Crippen LogP contribution < -0.4 is 5.32 Å². The predicted octanol–water partition coefficient (Wildman–Crippen LogP) is 5.32. The Labute approximate surface area is 232 Å². The van der Waals surface area contributed by atoms with E-state index in [4.69, 9.17) is 16.3 Å². The number of morpholine rings is 1. The number of carbonyl (C=O) groups excluding carboxylic acids is 1. The average molecular weight is 545 g/mol. The second-order valence-electron chi connectivity index (χ2n) is 9.74. The minimum Gasteiger partial charge on any atom is -0.379 e. The molecule has 1 saturated heterocycles. The molecule has 5 rings (SSSR count). The van der Waals surface area contributed by atoms with Gasteiger partial charge in [0.2, 0.25) is 5.91 Å². The second-order valence-corrected chi connectivity index (χ2v) is 10.1. The third-order valence-electron chi connectivity index (χ3n) is 7.23. The second kappa shape index (κ2) is 12.4. The summed E-state index contributed by atoms with van der Waals surface area (Å²) >= 11 is 6.73. The molecule has 0 saturated carbocycles. The van der Waals surface area contributed by atoms with Crippen LogP contribution in [0, 0.1) is 17.1 Å². The fraction of sp³-hybridized carbons (Fsp3) is 0.290. The van der Waals surface area contributed by atoms with Crippen molar-refractivity contribution in [1.29, 1.82) is 5.26 Å². The van der Waals surface area contributed by atoms with Crippen LogP contribution in [0.3, 0.4) is 0 Å². The van der Waals surface area contributed by atoms with Gasteiger partial charge < -0.3 is 14.6 Å². The van der Waals surface area contributed by atoms with Gasteiger partial charge >= 0.3 is 0 Å². The van der Waals surface area contributed by atoms with Crippen molar-refractivity contribution in [3.8, 4) is 6.07 Å². The van der Waals surface area contributed by atoms with E-state index in [9.17, 15) is 14.4 Å². The number of benzene rings is 3. The molecule has 1 aliphatic heterocycles. The number of halogens is 2. The molecule has 0 unspecified atom stereocenters. The van der Waals surface area contributed by atoms with Crippen LogP contribution >= 0.6 is 11.6 Å². The van der Waals surface area contributed by atoms with Gasteiger partial charge in [-0.25, -0.2) is 4.39 Å². The maximum atomic E-state index is 13.5. The number of nitriles is 1. The van der Waals surface area contributed by atoms with E-state index in [0.717, 1.165) is 47.2 Å². The Hall–Kier alpha value is -3.70. The first-order valence-electron chi connectivity index (χ1n) is 13.1. The Morgan fingerprint density at radius 3 is 2.59 bits per heavy atom. The van der Waals surface area contributed by atoms with E-state index in [2.05, 4.69) is 27.0 Å². The van der Waals surface area contributed by atoms with Gasteiger partial charge in [0.1, 0.15) is 11.9 Å². The molecule has 0 radical (unpaired) electrons. The number of rotatable bonds is 9. The van der Waals surface area contributed by atoms with Crippen molar-refractivity contribution in [2.45, 2.75) is 18.9 Å². The van der Waals surface area contributed by atoms with Crippen molar-refractivity contribution in [1.82, 2.24) is 14.8 Å². The molecular weight excluding hydrogens is 515 g/mol. The van der Waals surface area contributed by atoms with Crippen LogP contribution in [-0.4, -0.2) is 54.8 Å². The van der Waals surface area contributed by atoms with Gasteiger partial charge in [-0.15, -0.1) is 0 Å². The maximum absolute atomic E-state index is 13.5. The van der Waals surface area contributed by atoms with Gasteiger partial charge in [0.15, 0.2) is 0 Å². The molecule has 1 fully saturated rings. The summed E-state index contributed by atoms with van der Waals surface area (Å²) in [5.74, 6) is -0.723. The lowest BCUT2D eigenvalue weighted by molar-refractivity contribution is -0.121. The van der Waals surface area contributed by atoms with E-state index >= 15 is 0 Å². The fourth-order valence-corrected chi connectivity index (χ4v) is 5.50. The normalized spacial score (nSPS) is 14.7. The van der Waals surface area contributed by atoms with Crippen LogP contribution in [0.1, 0.15) is 34.6 Å². The average Bonchev–Trinajstić information content (AvgIpc) is 3.32. The van der Waals surface area contributed by atoms with E-state index in [1.165, 1.54) is 12.1 Å². The summed E-state index contributed by atoms with van der Waals surface area (Å²) in [4.78, 5) is 15.5. The highest BCUT2D eigenvalue weighted by Gasteiger charge is 2.26. The standard InChI is InChI=1S/C31H30ClFN4O2/c32-31-23(19-34)4-3-6-26(31)27(18-30(38)35-12-13-36-14-16-39-17-15-36)28-21-37(29-7-2-1-5-25(28)29)20-22-8-10-24(33)11-9-22/h1-11,21,27H,12-18,20H2,(H,35,38)/t27-/m0/s1. The molecule has 0 spiro atoms. The number of nitrogens with zero attached hydrogens (tertiary/aromatic N) is 3. The quantitative estimate of drug-likeness (QED) is 0.309. The minimum absolute atomic E-state index is 0.0814. The fourth-order valence-electron chi connectivity index (χ4n) is 5.20. The summed E-state index contributed by atoms with van der Waals surface area (Å²) in [6, 6.07) is 22.0. The zero-order chi connectivity index (χ0) is 27.2. The lowest BCUT2D eigenvalue weighted by Gasteiger charge is -2.26. The highest BCUT2D eigenvalue weighted by Crippen LogP contribution is 2.39. The van der Waals surface area contributed by atoms with Gasteiger partial charge in [-0.05, 0) is 41.0 Å². The number of para-hydroxylation sites is 1. The maximum Gasteiger partial charge on any atom is 0.220 e. The van der Waals surface area contributed by atoms with Crippen LogP contribution in [0.15, 0.2) is 72.9 Å². The summed E-state index contributed by atoms with van der Waals surface area (Å²) in [6.07, 6.45) is 2.23. The van der Waals surface area contributed by atoms with Gasteiger partial charge in [0, 0.05) is 62.2 Å². The Kier molecular flexibility index (Phi) is 8.58. The molecule has 8 heteroatoms. The van der Waals surface area contributed by atoms with Crippen LogP contribution in [0.5, 0.6) is 0 Å². The minimum atomic E-state index is -0.367. The number of hydrogen-bond donors (Lipinski definition) is 1. The van der Waals surface area contributed by atoms with Crippen molar-refractivity contribution in [3.05, 3.63) is 106 Å². The zero-order valence-corrected chi connectivity index (χ0v) is 22.3. The van der Waals surface area contributed by atoms with Gasteiger partial charge in [-0.1, -0.05) is 54.1 Å². The van der Waals surface area contributed by atoms with Crippen molar-refractivity contribution in [2.24, 2.45) is 0 Å². The summed E-state index contributed by atoms with van der Waals surface area (Å²) in [5, 5.41) is 14.1. The van der Waals surface area contributed by atoms with E-state index in [0.29, 0.717) is 36.9 Å². The smallest absolute Gasteiger partial charge is 0.220 e. The van der Waals surface area contributed by atoms with Crippen molar-refractivity contribution < 1.29 is 13.9 Å². The molecule has 1 atom stereocenters. The van der Waals surface area contributed by atoms with Gasteiger partial charge in [0.05, 0.1) is 23.8 Å². The van der Waals surface area contributed by atoms with Crippen LogP contribution in [0.25, 0.3) is 10.9 Å². The number of aromatic nitrogens is 1. The van der Waals surface area contributed by atoms with Crippen LogP contribution in [-0.2, 0) is 16.1 Å². The zero-order valence-electron chi connectivity index (χ0n) is 21.6. The molecule has 2 heterocycles. The molecular formula is C31H30ClFN4O2. The molecule has 3 aromatic carbocycles. The lowest BCUT2D eigenvalue weighted by atomic mass is 9.87. The summed E-state index contributed by atoms with van der Waals surface area (Å²) < 4.78 is 21.0. The van der Waals surface area contributed by atoms with E-state index in [1.54, 1.807) is 24.3 Å².